The molecule has 3 rings (SSSR count). The van der Waals surface area contributed by atoms with Crippen LogP contribution in [-0.2, 0) is 17.9 Å². The fourth-order valence-electron chi connectivity index (χ4n) is 3.86. The predicted octanol–water partition coefficient (Wildman–Crippen LogP) is 5.29. The summed E-state index contributed by atoms with van der Waals surface area (Å²) in [7, 11) is 0. The van der Waals surface area contributed by atoms with E-state index in [9.17, 15) is 14.7 Å². The summed E-state index contributed by atoms with van der Waals surface area (Å²) in [5, 5.41) is 15.7. The molecule has 1 amide bonds. The van der Waals surface area contributed by atoms with E-state index >= 15 is 0 Å². The van der Waals surface area contributed by atoms with Crippen molar-refractivity contribution in [2.45, 2.75) is 51.7 Å². The third-order valence-electron chi connectivity index (χ3n) is 5.84. The third-order valence-corrected chi connectivity index (χ3v) is 6.48. The molecule has 0 radical (unpaired) electrons. The highest BCUT2D eigenvalue weighted by atomic mass is 32.2. The summed E-state index contributed by atoms with van der Waals surface area (Å²) in [6.45, 7) is 3.75. The van der Waals surface area contributed by atoms with E-state index in [1.807, 2.05) is 61.2 Å². The van der Waals surface area contributed by atoms with E-state index in [-0.39, 0.29) is 0 Å². The van der Waals surface area contributed by atoms with Crippen LogP contribution in [0.4, 0.5) is 5.69 Å². The Morgan fingerprint density at radius 1 is 1.14 bits per heavy atom. The van der Waals surface area contributed by atoms with Crippen LogP contribution in [0.2, 0.25) is 0 Å². The number of amides is 1. The molecule has 1 heterocycles. The second kappa shape index (κ2) is 13.6. The molecule has 8 heteroatoms. The molecule has 1 aromatic heterocycles. The molecule has 0 spiro atoms. The summed E-state index contributed by atoms with van der Waals surface area (Å²) in [6.07, 6.45) is 9.51. The Morgan fingerprint density at radius 2 is 1.94 bits per heavy atom. The van der Waals surface area contributed by atoms with E-state index < -0.39 is 17.9 Å². The van der Waals surface area contributed by atoms with Crippen molar-refractivity contribution in [1.82, 2.24) is 14.9 Å². The van der Waals surface area contributed by atoms with Crippen LogP contribution in [0.1, 0.15) is 48.7 Å². The highest BCUT2D eigenvalue weighted by Crippen LogP contribution is 2.28. The van der Waals surface area contributed by atoms with E-state index in [2.05, 4.69) is 27.1 Å². The molecule has 0 unspecified atom stereocenters. The molecule has 0 bridgehead atoms. The minimum absolute atomic E-state index is 0.370. The van der Waals surface area contributed by atoms with Crippen LogP contribution < -0.4 is 10.6 Å². The lowest BCUT2D eigenvalue weighted by atomic mass is 9.98. The summed E-state index contributed by atoms with van der Waals surface area (Å²) in [5.74, 6) is -0.763. The van der Waals surface area contributed by atoms with Gasteiger partial charge in [-0.15, -0.1) is 0 Å². The summed E-state index contributed by atoms with van der Waals surface area (Å²) < 4.78 is 2.17. The van der Waals surface area contributed by atoms with Gasteiger partial charge in [0, 0.05) is 24.0 Å². The van der Waals surface area contributed by atoms with E-state index in [0.717, 1.165) is 35.5 Å². The van der Waals surface area contributed by atoms with Crippen molar-refractivity contribution in [3.63, 3.8) is 0 Å². The summed E-state index contributed by atoms with van der Waals surface area (Å²) in [4.78, 5) is 29.1. The van der Waals surface area contributed by atoms with Gasteiger partial charge in [-0.3, -0.25) is 4.79 Å². The number of rotatable bonds is 14. The van der Waals surface area contributed by atoms with Crippen LogP contribution >= 0.6 is 11.8 Å². The molecule has 2 aromatic carbocycles. The predicted molar refractivity (Wildman–Crippen MR) is 143 cm³/mol. The number of anilines is 1. The van der Waals surface area contributed by atoms with E-state index in [4.69, 9.17) is 0 Å². The topological polar surface area (TPSA) is 96.3 Å². The van der Waals surface area contributed by atoms with Gasteiger partial charge in [0.1, 0.15) is 6.04 Å². The quantitative estimate of drug-likeness (QED) is 0.264. The number of hydrogen-bond acceptors (Lipinski definition) is 5. The van der Waals surface area contributed by atoms with Gasteiger partial charge in [-0.05, 0) is 54.2 Å². The van der Waals surface area contributed by atoms with Crippen LogP contribution in [0.15, 0.2) is 61.1 Å². The van der Waals surface area contributed by atoms with Crippen LogP contribution in [0.3, 0.4) is 0 Å². The molecule has 186 valence electrons. The third kappa shape index (κ3) is 7.62. The van der Waals surface area contributed by atoms with Crippen molar-refractivity contribution < 1.29 is 14.7 Å². The first kappa shape index (κ1) is 26.3. The molecular formula is C27H34N4O3S. The number of aromatic nitrogens is 2. The minimum atomic E-state index is -1.03. The fraction of sp³-hybridized carbons (Fsp3) is 0.370. The van der Waals surface area contributed by atoms with E-state index in [1.165, 1.54) is 12.8 Å². The normalized spacial score (nSPS) is 11.7. The van der Waals surface area contributed by atoms with Crippen LogP contribution in [-0.4, -0.2) is 44.6 Å². The SMILES string of the molecule is CCCCCn1cncc1CNc1ccc(C(=O)N[C@@H](CCSC)C(=O)O)c(-c2ccccc2)c1. The van der Waals surface area contributed by atoms with Gasteiger partial charge < -0.3 is 20.3 Å². The second-order valence-corrected chi connectivity index (χ2v) is 9.40. The molecular weight excluding hydrogens is 460 g/mol. The molecule has 0 aliphatic carbocycles. The molecule has 0 fully saturated rings. The van der Waals surface area contributed by atoms with Crippen LogP contribution in [0, 0.1) is 0 Å². The van der Waals surface area contributed by atoms with Gasteiger partial charge in [0.05, 0.1) is 18.6 Å². The Labute approximate surface area is 211 Å². The molecule has 3 N–H and O–H groups in total. The number of unbranched alkanes of at least 4 members (excludes halogenated alkanes) is 2. The average Bonchev–Trinajstić information content (AvgIpc) is 3.32. The fourth-order valence-corrected chi connectivity index (χ4v) is 4.33. The Kier molecular flexibility index (Phi) is 10.2. The number of benzene rings is 2. The zero-order valence-corrected chi connectivity index (χ0v) is 21.2. The molecule has 7 nitrogen and oxygen atoms in total. The lowest BCUT2D eigenvalue weighted by Crippen LogP contribution is -2.41. The Hall–Kier alpha value is -3.26. The van der Waals surface area contributed by atoms with Gasteiger partial charge in [0.15, 0.2) is 0 Å². The Bertz CT molecular complexity index is 1100. The first-order chi connectivity index (χ1) is 17.0. The maximum atomic E-state index is 13.1. The number of aliphatic carboxylic acids is 1. The van der Waals surface area contributed by atoms with Crippen molar-refractivity contribution >= 4 is 29.3 Å². The number of carboxylic acid groups (broad SMARTS) is 1. The maximum absolute atomic E-state index is 13.1. The minimum Gasteiger partial charge on any atom is -0.480 e. The average molecular weight is 495 g/mol. The first-order valence-corrected chi connectivity index (χ1v) is 13.4. The number of carbonyl (C=O) groups excluding carboxylic acids is 1. The molecule has 0 aliphatic rings. The zero-order chi connectivity index (χ0) is 25.0. The largest absolute Gasteiger partial charge is 0.480 e. The molecule has 0 saturated heterocycles. The van der Waals surface area contributed by atoms with Crippen molar-refractivity contribution in [2.75, 3.05) is 17.3 Å². The summed E-state index contributed by atoms with van der Waals surface area (Å²) >= 11 is 1.55. The van der Waals surface area contributed by atoms with E-state index in [1.54, 1.807) is 17.8 Å². The van der Waals surface area contributed by atoms with Gasteiger partial charge >= 0.3 is 5.97 Å². The Balaban J connectivity index is 1.81. The smallest absolute Gasteiger partial charge is 0.326 e. The van der Waals surface area contributed by atoms with Gasteiger partial charge in [-0.1, -0.05) is 50.1 Å². The number of carboxylic acids is 1. The monoisotopic (exact) mass is 494 g/mol. The number of nitrogens with zero attached hydrogens (tertiary/aromatic N) is 2. The van der Waals surface area contributed by atoms with Crippen molar-refractivity contribution in [2.24, 2.45) is 0 Å². The molecule has 1 atom stereocenters. The van der Waals surface area contributed by atoms with E-state index in [0.29, 0.717) is 24.3 Å². The lowest BCUT2D eigenvalue weighted by Gasteiger charge is -2.17. The van der Waals surface area contributed by atoms with Gasteiger partial charge in [-0.2, -0.15) is 11.8 Å². The number of aryl methyl sites for hydroxylation is 1. The van der Waals surface area contributed by atoms with Crippen molar-refractivity contribution in [1.29, 1.82) is 0 Å². The van der Waals surface area contributed by atoms with Gasteiger partial charge in [0.25, 0.3) is 5.91 Å². The standard InChI is InChI=1S/C27H34N4O3S/c1-3-4-8-14-31-19-28-17-22(31)18-29-21-11-12-23(24(16-21)20-9-6-5-7-10-20)26(32)30-25(27(33)34)13-15-35-2/h5-7,9-12,16-17,19,25,29H,3-4,8,13-15,18H2,1-2H3,(H,30,32)(H,33,34)/t25-/m0/s1. The summed E-state index contributed by atoms with van der Waals surface area (Å²) in [6, 6.07) is 14.3. The lowest BCUT2D eigenvalue weighted by molar-refractivity contribution is -0.139. The zero-order valence-electron chi connectivity index (χ0n) is 20.4. The van der Waals surface area contributed by atoms with Crippen molar-refractivity contribution in [3.8, 4) is 11.1 Å². The van der Waals surface area contributed by atoms with Gasteiger partial charge in [0.2, 0.25) is 0 Å². The van der Waals surface area contributed by atoms with Gasteiger partial charge in [-0.25, -0.2) is 9.78 Å². The first-order valence-electron chi connectivity index (χ1n) is 12.0. The number of imidazole rings is 1. The number of thioether (sulfide) groups is 1. The maximum Gasteiger partial charge on any atom is 0.326 e. The second-order valence-electron chi connectivity index (χ2n) is 8.41. The molecule has 0 saturated carbocycles. The number of hydrogen-bond donors (Lipinski definition) is 3. The molecule has 0 aliphatic heterocycles. The van der Waals surface area contributed by atoms with Crippen molar-refractivity contribution in [3.05, 3.63) is 72.3 Å². The van der Waals surface area contributed by atoms with Crippen LogP contribution in [0.25, 0.3) is 11.1 Å². The molecule has 35 heavy (non-hydrogen) atoms. The summed E-state index contributed by atoms with van der Waals surface area (Å²) in [5.41, 5.74) is 4.06. The Morgan fingerprint density at radius 3 is 2.66 bits per heavy atom. The highest BCUT2D eigenvalue weighted by Gasteiger charge is 2.22. The highest BCUT2D eigenvalue weighted by molar-refractivity contribution is 7.98. The van der Waals surface area contributed by atoms with Crippen LogP contribution in [0.5, 0.6) is 0 Å². The number of nitrogens with one attached hydrogen (secondary N) is 2. The number of carbonyl (C=O) groups is 2. The molecule has 3 aromatic rings.